The second-order valence-electron chi connectivity index (χ2n) is 5.62. The fraction of sp³-hybridized carbons (Fsp3) is 0.941. The van der Waals surface area contributed by atoms with Crippen molar-refractivity contribution in [1.82, 2.24) is 0 Å². The van der Waals surface area contributed by atoms with Gasteiger partial charge < -0.3 is 4.74 Å². The molecule has 0 unspecified atom stereocenters. The maximum atomic E-state index is 11.0. The van der Waals surface area contributed by atoms with E-state index in [2.05, 4.69) is 11.7 Å². The molecular weight excluding hydrogens is 272 g/mol. The molecule has 0 aliphatic heterocycles. The van der Waals surface area contributed by atoms with Gasteiger partial charge in [0.25, 0.3) is 0 Å². The van der Waals surface area contributed by atoms with Crippen LogP contribution in [0.15, 0.2) is 0 Å². The summed E-state index contributed by atoms with van der Waals surface area (Å²) in [6, 6.07) is -0.0166. The number of hydrogen-bond donors (Lipinski definition) is 0. The fourth-order valence-electron chi connectivity index (χ4n) is 2.42. The molecule has 2 nitrogen and oxygen atoms in total. The molecule has 0 aromatic rings. The van der Waals surface area contributed by atoms with Crippen LogP contribution in [0.1, 0.15) is 96.8 Å². The summed E-state index contributed by atoms with van der Waals surface area (Å²) in [5, 5.41) is 0. The first-order valence-corrected chi connectivity index (χ1v) is 9.06. The summed E-state index contributed by atoms with van der Waals surface area (Å²) < 4.78 is 4.68. The highest BCUT2D eigenvalue weighted by Gasteiger charge is 2.00. The lowest BCUT2D eigenvalue weighted by atomic mass is 10.0. The lowest BCUT2D eigenvalue weighted by Gasteiger charge is -2.03. The molecule has 0 saturated carbocycles. The third-order valence-electron chi connectivity index (χ3n) is 3.70. The van der Waals surface area contributed by atoms with E-state index in [1.165, 1.54) is 70.6 Å². The zero-order valence-corrected chi connectivity index (χ0v) is 14.1. The minimum Gasteiger partial charge on any atom is -0.449 e. The first kappa shape index (κ1) is 19.8. The van der Waals surface area contributed by atoms with Gasteiger partial charge in [-0.1, -0.05) is 95.6 Å². The highest BCUT2D eigenvalue weighted by Crippen LogP contribution is 2.13. The summed E-state index contributed by atoms with van der Waals surface area (Å²) in [6.45, 7) is 2.26. The van der Waals surface area contributed by atoms with Gasteiger partial charge in [0, 0.05) is 6.42 Å². The fourth-order valence-corrected chi connectivity index (χ4v) is 2.54. The van der Waals surface area contributed by atoms with Gasteiger partial charge in [0.1, 0.15) is 0 Å². The molecule has 0 bridgehead atoms. The van der Waals surface area contributed by atoms with Crippen LogP contribution >= 0.6 is 11.6 Å². The minimum absolute atomic E-state index is 0.0166. The Balaban J connectivity index is 3.01. The van der Waals surface area contributed by atoms with E-state index in [0.717, 1.165) is 12.8 Å². The summed E-state index contributed by atoms with van der Waals surface area (Å²) in [6.07, 6.45) is 17.7. The second-order valence-corrected chi connectivity index (χ2v) is 5.84. The molecular formula is C17H33ClO2. The van der Waals surface area contributed by atoms with Crippen LogP contribution in [0.5, 0.6) is 0 Å². The van der Waals surface area contributed by atoms with Crippen LogP contribution in [0, 0.1) is 0 Å². The number of ether oxygens (including phenoxy) is 1. The van der Waals surface area contributed by atoms with E-state index in [-0.39, 0.29) is 12.0 Å². The monoisotopic (exact) mass is 304 g/mol. The van der Waals surface area contributed by atoms with Crippen molar-refractivity contribution in [3.8, 4) is 0 Å². The van der Waals surface area contributed by atoms with Crippen LogP contribution in [0.25, 0.3) is 0 Å². The third-order valence-corrected chi connectivity index (χ3v) is 3.81. The van der Waals surface area contributed by atoms with Crippen molar-refractivity contribution in [3.05, 3.63) is 0 Å². The molecule has 0 N–H and O–H groups in total. The number of carbonyl (C=O) groups is 1. The lowest BCUT2D eigenvalue weighted by Crippen LogP contribution is -2.01. The summed E-state index contributed by atoms with van der Waals surface area (Å²) in [4.78, 5) is 11.0. The second kappa shape index (κ2) is 16.8. The summed E-state index contributed by atoms with van der Waals surface area (Å²) in [5.41, 5.74) is 0. The van der Waals surface area contributed by atoms with E-state index in [1.807, 2.05) is 0 Å². The Labute approximate surface area is 130 Å². The molecule has 0 aliphatic carbocycles. The molecule has 0 radical (unpaired) electrons. The van der Waals surface area contributed by atoms with Crippen LogP contribution in [0.4, 0.5) is 0 Å². The molecule has 0 aromatic carbocycles. The zero-order chi connectivity index (χ0) is 14.9. The topological polar surface area (TPSA) is 26.3 Å². The van der Waals surface area contributed by atoms with E-state index in [1.54, 1.807) is 0 Å². The van der Waals surface area contributed by atoms with Gasteiger partial charge in [0.15, 0.2) is 6.07 Å². The lowest BCUT2D eigenvalue weighted by molar-refractivity contribution is -0.141. The van der Waals surface area contributed by atoms with Gasteiger partial charge in [-0.05, 0) is 6.42 Å². The largest absolute Gasteiger partial charge is 0.449 e. The summed E-state index contributed by atoms with van der Waals surface area (Å²) in [5.74, 6) is -0.164. The number of rotatable bonds is 15. The van der Waals surface area contributed by atoms with Crippen molar-refractivity contribution >= 4 is 17.6 Å². The van der Waals surface area contributed by atoms with E-state index in [9.17, 15) is 4.79 Å². The normalized spacial score (nSPS) is 10.7. The van der Waals surface area contributed by atoms with Crippen LogP contribution in [-0.4, -0.2) is 12.0 Å². The number of unbranched alkanes of at least 4 members (excludes halogenated alkanes) is 12. The van der Waals surface area contributed by atoms with Gasteiger partial charge in [-0.3, -0.25) is 4.79 Å². The third kappa shape index (κ3) is 15.8. The van der Waals surface area contributed by atoms with Gasteiger partial charge in [0.05, 0.1) is 0 Å². The Bertz CT molecular complexity index is 207. The first-order valence-electron chi connectivity index (χ1n) is 8.52. The van der Waals surface area contributed by atoms with Crippen molar-refractivity contribution in [2.24, 2.45) is 0 Å². The quantitative estimate of drug-likeness (QED) is 0.204. The molecule has 0 spiro atoms. The van der Waals surface area contributed by atoms with E-state index in [4.69, 9.17) is 11.6 Å². The highest BCUT2D eigenvalue weighted by molar-refractivity contribution is 6.17. The Morgan fingerprint density at radius 2 is 1.15 bits per heavy atom. The van der Waals surface area contributed by atoms with E-state index < -0.39 is 0 Å². The molecule has 3 heteroatoms. The molecule has 0 rings (SSSR count). The minimum atomic E-state index is -0.164. The molecule has 0 atom stereocenters. The number of esters is 1. The molecule has 0 heterocycles. The standard InChI is InChI=1S/C17H33ClO2/c1-2-3-4-5-6-7-8-9-10-11-12-13-14-15-17(19)20-16-18/h2-16H2,1H3. The predicted molar refractivity (Wildman–Crippen MR) is 87.1 cm³/mol. The van der Waals surface area contributed by atoms with Crippen LogP contribution < -0.4 is 0 Å². The Morgan fingerprint density at radius 1 is 0.750 bits per heavy atom. The zero-order valence-electron chi connectivity index (χ0n) is 13.3. The molecule has 0 amide bonds. The van der Waals surface area contributed by atoms with Gasteiger partial charge >= 0.3 is 5.97 Å². The summed E-state index contributed by atoms with van der Waals surface area (Å²) in [7, 11) is 0. The summed E-state index contributed by atoms with van der Waals surface area (Å²) >= 11 is 5.31. The van der Waals surface area contributed by atoms with Crippen LogP contribution in [-0.2, 0) is 9.53 Å². The van der Waals surface area contributed by atoms with Crippen molar-refractivity contribution in [1.29, 1.82) is 0 Å². The van der Waals surface area contributed by atoms with Gasteiger partial charge in [0.2, 0.25) is 0 Å². The smallest absolute Gasteiger partial charge is 0.306 e. The highest BCUT2D eigenvalue weighted by atomic mass is 35.5. The SMILES string of the molecule is CCCCCCCCCCCCCCCC(=O)OCCl. The number of hydrogen-bond acceptors (Lipinski definition) is 2. The van der Waals surface area contributed by atoms with Crippen molar-refractivity contribution in [2.45, 2.75) is 96.8 Å². The van der Waals surface area contributed by atoms with Gasteiger partial charge in [-0.2, -0.15) is 0 Å². The van der Waals surface area contributed by atoms with E-state index >= 15 is 0 Å². The van der Waals surface area contributed by atoms with Crippen LogP contribution in [0.2, 0.25) is 0 Å². The predicted octanol–water partition coefficient (Wildman–Crippen LogP) is 6.21. The van der Waals surface area contributed by atoms with Crippen molar-refractivity contribution in [3.63, 3.8) is 0 Å². The van der Waals surface area contributed by atoms with E-state index in [0.29, 0.717) is 6.42 Å². The molecule has 0 saturated heterocycles. The van der Waals surface area contributed by atoms with Gasteiger partial charge in [-0.25, -0.2) is 0 Å². The molecule has 0 aliphatic rings. The number of alkyl halides is 1. The molecule has 20 heavy (non-hydrogen) atoms. The Hall–Kier alpha value is -0.240. The molecule has 120 valence electrons. The average Bonchev–Trinajstić information content (AvgIpc) is 2.44. The molecule has 0 aromatic heterocycles. The Kier molecular flexibility index (Phi) is 16.6. The van der Waals surface area contributed by atoms with Crippen molar-refractivity contribution in [2.75, 3.05) is 6.07 Å². The van der Waals surface area contributed by atoms with Crippen LogP contribution in [0.3, 0.4) is 0 Å². The van der Waals surface area contributed by atoms with Crippen molar-refractivity contribution < 1.29 is 9.53 Å². The maximum absolute atomic E-state index is 11.0. The maximum Gasteiger partial charge on any atom is 0.306 e. The molecule has 0 fully saturated rings. The number of carbonyl (C=O) groups excluding carboxylic acids is 1. The van der Waals surface area contributed by atoms with Gasteiger partial charge in [-0.15, -0.1) is 0 Å². The first-order chi connectivity index (χ1) is 9.81. The number of halogens is 1. The average molecular weight is 305 g/mol. The Morgan fingerprint density at radius 3 is 1.55 bits per heavy atom.